The first-order valence-corrected chi connectivity index (χ1v) is 8.24. The molecule has 116 valence electrons. The summed E-state index contributed by atoms with van der Waals surface area (Å²) in [6, 6.07) is 8.30. The van der Waals surface area contributed by atoms with Gasteiger partial charge in [0.2, 0.25) is 0 Å². The number of hydrogen-bond donors (Lipinski definition) is 1. The van der Waals surface area contributed by atoms with Crippen LogP contribution in [0, 0.1) is 5.92 Å². The number of hydrogen-bond acceptors (Lipinski definition) is 3. The lowest BCUT2D eigenvalue weighted by atomic mass is 10.2. The monoisotopic (exact) mass is 306 g/mol. The standard InChI is InChI=1S/C17H26N2OS/c1-13(2)19(12-14-4-5-14)10-3-11-20-16-8-6-15(7-9-16)17(18)21/h6-9,13-14H,3-5,10-12H2,1-2H3,(H2,18,21). The molecule has 3 nitrogen and oxygen atoms in total. The fourth-order valence-electron chi connectivity index (χ4n) is 2.37. The molecule has 1 aromatic carbocycles. The van der Waals surface area contributed by atoms with Gasteiger partial charge in [-0.25, -0.2) is 0 Å². The first-order chi connectivity index (χ1) is 10.1. The van der Waals surface area contributed by atoms with E-state index in [-0.39, 0.29) is 0 Å². The van der Waals surface area contributed by atoms with Crippen molar-refractivity contribution in [2.45, 2.75) is 39.2 Å². The number of rotatable bonds is 9. The van der Waals surface area contributed by atoms with Crippen molar-refractivity contribution in [2.75, 3.05) is 19.7 Å². The first kappa shape index (κ1) is 16.2. The Balaban J connectivity index is 1.69. The van der Waals surface area contributed by atoms with Gasteiger partial charge in [-0.15, -0.1) is 0 Å². The van der Waals surface area contributed by atoms with E-state index >= 15 is 0 Å². The average molecular weight is 306 g/mol. The maximum absolute atomic E-state index is 5.78. The summed E-state index contributed by atoms with van der Waals surface area (Å²) in [5.41, 5.74) is 6.46. The molecule has 2 N–H and O–H groups in total. The van der Waals surface area contributed by atoms with Gasteiger partial charge in [0.15, 0.2) is 0 Å². The van der Waals surface area contributed by atoms with E-state index in [1.165, 1.54) is 19.4 Å². The van der Waals surface area contributed by atoms with Crippen molar-refractivity contribution in [1.29, 1.82) is 0 Å². The summed E-state index contributed by atoms with van der Waals surface area (Å²) in [5.74, 6) is 1.83. The van der Waals surface area contributed by atoms with E-state index in [1.807, 2.05) is 24.3 Å². The molecule has 0 spiro atoms. The molecule has 0 amide bonds. The van der Waals surface area contributed by atoms with Crippen LogP contribution in [0.1, 0.15) is 38.7 Å². The van der Waals surface area contributed by atoms with Crippen LogP contribution in [0.25, 0.3) is 0 Å². The Labute approximate surface area is 133 Å². The van der Waals surface area contributed by atoms with Gasteiger partial charge in [0.05, 0.1) is 6.61 Å². The lowest BCUT2D eigenvalue weighted by molar-refractivity contribution is 0.191. The molecule has 0 saturated heterocycles. The number of benzene rings is 1. The highest BCUT2D eigenvalue weighted by Gasteiger charge is 2.25. The molecule has 0 bridgehead atoms. The quantitative estimate of drug-likeness (QED) is 0.561. The number of nitrogens with zero attached hydrogens (tertiary/aromatic N) is 1. The van der Waals surface area contributed by atoms with Crippen LogP contribution in [0.3, 0.4) is 0 Å². The lowest BCUT2D eigenvalue weighted by Crippen LogP contribution is -2.34. The maximum atomic E-state index is 5.78. The number of ether oxygens (including phenoxy) is 1. The smallest absolute Gasteiger partial charge is 0.119 e. The Morgan fingerprint density at radius 1 is 1.33 bits per heavy atom. The largest absolute Gasteiger partial charge is 0.494 e. The second kappa shape index (κ2) is 7.76. The molecule has 0 radical (unpaired) electrons. The molecule has 2 rings (SSSR count). The highest BCUT2D eigenvalue weighted by atomic mass is 32.1. The number of thiocarbonyl (C=S) groups is 1. The van der Waals surface area contributed by atoms with Crippen LogP contribution >= 0.6 is 12.2 Å². The molecule has 0 aromatic heterocycles. The van der Waals surface area contributed by atoms with Crippen molar-refractivity contribution in [2.24, 2.45) is 11.7 Å². The molecule has 0 aliphatic heterocycles. The van der Waals surface area contributed by atoms with Crippen molar-refractivity contribution in [3.8, 4) is 5.75 Å². The van der Waals surface area contributed by atoms with Gasteiger partial charge in [-0.3, -0.25) is 0 Å². The molecule has 1 aliphatic rings. The van der Waals surface area contributed by atoms with Crippen LogP contribution in [0.15, 0.2) is 24.3 Å². The zero-order valence-corrected chi connectivity index (χ0v) is 13.9. The zero-order chi connectivity index (χ0) is 15.2. The third kappa shape index (κ3) is 5.64. The summed E-state index contributed by atoms with van der Waals surface area (Å²) in [4.78, 5) is 2.99. The highest BCUT2D eigenvalue weighted by Crippen LogP contribution is 2.30. The Hall–Kier alpha value is -1.13. The topological polar surface area (TPSA) is 38.5 Å². The molecular formula is C17H26N2OS. The SMILES string of the molecule is CC(C)N(CCCOc1ccc(C(N)=S)cc1)CC1CC1. The van der Waals surface area contributed by atoms with E-state index in [2.05, 4.69) is 18.7 Å². The van der Waals surface area contributed by atoms with Crippen LogP contribution in [0.2, 0.25) is 0 Å². The van der Waals surface area contributed by atoms with Crippen molar-refractivity contribution < 1.29 is 4.74 Å². The van der Waals surface area contributed by atoms with Gasteiger partial charge in [0.1, 0.15) is 10.7 Å². The highest BCUT2D eigenvalue weighted by molar-refractivity contribution is 7.80. The van der Waals surface area contributed by atoms with E-state index in [0.717, 1.165) is 36.8 Å². The van der Waals surface area contributed by atoms with Gasteiger partial charge in [-0.05, 0) is 63.3 Å². The first-order valence-electron chi connectivity index (χ1n) is 7.83. The average Bonchev–Trinajstić information content (AvgIpc) is 3.26. The van der Waals surface area contributed by atoms with Crippen molar-refractivity contribution in [3.05, 3.63) is 29.8 Å². The summed E-state index contributed by atoms with van der Waals surface area (Å²) >= 11 is 4.94. The molecule has 1 aliphatic carbocycles. The van der Waals surface area contributed by atoms with Crippen LogP contribution in [0.5, 0.6) is 5.75 Å². The van der Waals surface area contributed by atoms with Crippen LogP contribution in [-0.4, -0.2) is 35.6 Å². The molecule has 21 heavy (non-hydrogen) atoms. The molecule has 4 heteroatoms. The predicted octanol–water partition coefficient (Wildman–Crippen LogP) is 3.21. The summed E-state index contributed by atoms with van der Waals surface area (Å²) in [5, 5.41) is 0. The molecule has 0 heterocycles. The van der Waals surface area contributed by atoms with Gasteiger partial charge < -0.3 is 15.4 Å². The summed E-state index contributed by atoms with van der Waals surface area (Å²) in [6.45, 7) is 7.66. The molecule has 1 saturated carbocycles. The molecule has 0 atom stereocenters. The van der Waals surface area contributed by atoms with E-state index < -0.39 is 0 Å². The third-order valence-electron chi connectivity index (χ3n) is 3.92. The Bertz CT molecular complexity index is 454. The minimum Gasteiger partial charge on any atom is -0.494 e. The van der Waals surface area contributed by atoms with Crippen LogP contribution in [-0.2, 0) is 0 Å². The van der Waals surface area contributed by atoms with E-state index in [1.54, 1.807) is 0 Å². The Morgan fingerprint density at radius 2 is 2.00 bits per heavy atom. The summed E-state index contributed by atoms with van der Waals surface area (Å²) < 4.78 is 5.78. The van der Waals surface area contributed by atoms with E-state index in [9.17, 15) is 0 Å². The second-order valence-corrected chi connectivity index (χ2v) is 6.56. The van der Waals surface area contributed by atoms with Gasteiger partial charge in [-0.2, -0.15) is 0 Å². The third-order valence-corrected chi connectivity index (χ3v) is 4.15. The normalized spacial score (nSPS) is 14.7. The van der Waals surface area contributed by atoms with Crippen LogP contribution in [0.4, 0.5) is 0 Å². The van der Waals surface area contributed by atoms with Gasteiger partial charge in [0, 0.05) is 24.7 Å². The zero-order valence-electron chi connectivity index (χ0n) is 13.0. The van der Waals surface area contributed by atoms with E-state index in [0.29, 0.717) is 11.0 Å². The minimum atomic E-state index is 0.425. The minimum absolute atomic E-state index is 0.425. The second-order valence-electron chi connectivity index (χ2n) is 6.12. The summed E-state index contributed by atoms with van der Waals surface area (Å²) in [6.07, 6.45) is 3.88. The molecule has 0 unspecified atom stereocenters. The predicted molar refractivity (Wildman–Crippen MR) is 91.9 cm³/mol. The van der Waals surface area contributed by atoms with Crippen molar-refractivity contribution >= 4 is 17.2 Å². The maximum Gasteiger partial charge on any atom is 0.119 e. The van der Waals surface area contributed by atoms with Gasteiger partial charge in [-0.1, -0.05) is 12.2 Å². The lowest BCUT2D eigenvalue weighted by Gasteiger charge is -2.26. The van der Waals surface area contributed by atoms with Gasteiger partial charge >= 0.3 is 0 Å². The fourth-order valence-corrected chi connectivity index (χ4v) is 2.50. The van der Waals surface area contributed by atoms with Crippen LogP contribution < -0.4 is 10.5 Å². The molecule has 1 aromatic rings. The van der Waals surface area contributed by atoms with Crippen molar-refractivity contribution in [1.82, 2.24) is 4.90 Å². The number of nitrogens with two attached hydrogens (primary N) is 1. The van der Waals surface area contributed by atoms with Gasteiger partial charge in [0.25, 0.3) is 0 Å². The Morgan fingerprint density at radius 3 is 2.52 bits per heavy atom. The fraction of sp³-hybridized carbons (Fsp3) is 0.588. The van der Waals surface area contributed by atoms with Crippen molar-refractivity contribution in [3.63, 3.8) is 0 Å². The summed E-state index contributed by atoms with van der Waals surface area (Å²) in [7, 11) is 0. The van der Waals surface area contributed by atoms with E-state index in [4.69, 9.17) is 22.7 Å². The molecule has 1 fully saturated rings. The molecular weight excluding hydrogens is 280 g/mol. The Kier molecular flexibility index (Phi) is 6.00.